The number of rotatable bonds is 5. The van der Waals surface area contributed by atoms with Gasteiger partial charge in [-0.3, -0.25) is 11.3 Å². The Morgan fingerprint density at radius 1 is 1.38 bits per heavy atom. The molecule has 0 aliphatic rings. The quantitative estimate of drug-likeness (QED) is 0.629. The summed E-state index contributed by atoms with van der Waals surface area (Å²) < 4.78 is 0. The van der Waals surface area contributed by atoms with E-state index in [9.17, 15) is 0 Å². The first-order chi connectivity index (χ1) is 7.52. The zero-order valence-corrected chi connectivity index (χ0v) is 11.0. The van der Waals surface area contributed by atoms with Gasteiger partial charge in [0, 0.05) is 22.6 Å². The Morgan fingerprint density at radius 2 is 2.06 bits per heavy atom. The normalized spacial score (nSPS) is 13.1. The largest absolute Gasteiger partial charge is 0.308 e. The Labute approximate surface area is 106 Å². The van der Waals surface area contributed by atoms with Crippen molar-refractivity contribution >= 4 is 23.2 Å². The molecule has 0 aliphatic heterocycles. The minimum atomic E-state index is 0.175. The molecule has 0 spiro atoms. The predicted molar refractivity (Wildman–Crippen MR) is 69.8 cm³/mol. The van der Waals surface area contributed by atoms with E-state index in [1.807, 2.05) is 26.2 Å². The van der Waals surface area contributed by atoms with Gasteiger partial charge in [-0.25, -0.2) is 0 Å². The maximum atomic E-state index is 6.10. The molecule has 0 saturated carbocycles. The number of benzene rings is 1. The number of likely N-dealkylation sites (N-methyl/N-ethyl adjacent to an activating group) is 1. The minimum absolute atomic E-state index is 0.175. The van der Waals surface area contributed by atoms with Crippen molar-refractivity contribution < 1.29 is 0 Å². The summed E-state index contributed by atoms with van der Waals surface area (Å²) in [5.74, 6) is 5.50. The summed E-state index contributed by atoms with van der Waals surface area (Å²) >= 11 is 11.9. The summed E-state index contributed by atoms with van der Waals surface area (Å²) in [7, 11) is 4.02. The van der Waals surface area contributed by atoms with Gasteiger partial charge in [0.25, 0.3) is 0 Å². The first-order valence-corrected chi connectivity index (χ1v) is 5.83. The summed E-state index contributed by atoms with van der Waals surface area (Å²) in [4.78, 5) is 2.08. The van der Waals surface area contributed by atoms with Crippen molar-refractivity contribution in [2.24, 2.45) is 5.84 Å². The van der Waals surface area contributed by atoms with Gasteiger partial charge >= 0.3 is 0 Å². The fraction of sp³-hybridized carbons (Fsp3) is 0.455. The molecule has 3 N–H and O–H groups in total. The lowest BCUT2D eigenvalue weighted by molar-refractivity contribution is 0.338. The van der Waals surface area contributed by atoms with Crippen LogP contribution in [0.25, 0.3) is 0 Å². The molecule has 0 fully saturated rings. The summed E-state index contributed by atoms with van der Waals surface area (Å²) in [5.41, 5.74) is 3.84. The van der Waals surface area contributed by atoms with Crippen molar-refractivity contribution in [3.8, 4) is 0 Å². The minimum Gasteiger partial charge on any atom is -0.308 e. The fourth-order valence-corrected chi connectivity index (χ4v) is 2.06. The smallest absolute Gasteiger partial charge is 0.0453 e. The topological polar surface area (TPSA) is 41.3 Å². The van der Waals surface area contributed by atoms with Crippen LogP contribution in [-0.2, 0) is 6.42 Å². The van der Waals surface area contributed by atoms with Crippen molar-refractivity contribution in [1.82, 2.24) is 10.3 Å². The van der Waals surface area contributed by atoms with Crippen LogP contribution in [-0.4, -0.2) is 31.6 Å². The molecule has 1 rings (SSSR count). The van der Waals surface area contributed by atoms with E-state index in [2.05, 4.69) is 10.3 Å². The van der Waals surface area contributed by atoms with Gasteiger partial charge in [0.1, 0.15) is 0 Å². The average molecular weight is 262 g/mol. The van der Waals surface area contributed by atoms with Crippen LogP contribution >= 0.6 is 23.2 Å². The number of nitrogens with zero attached hydrogens (tertiary/aromatic N) is 1. The highest BCUT2D eigenvalue weighted by Crippen LogP contribution is 2.22. The van der Waals surface area contributed by atoms with Gasteiger partial charge in [-0.05, 0) is 38.2 Å². The predicted octanol–water partition coefficient (Wildman–Crippen LogP) is 1.93. The van der Waals surface area contributed by atoms with E-state index < -0.39 is 0 Å². The van der Waals surface area contributed by atoms with Crippen molar-refractivity contribution in [3.05, 3.63) is 33.8 Å². The van der Waals surface area contributed by atoms with Crippen molar-refractivity contribution in [3.63, 3.8) is 0 Å². The van der Waals surface area contributed by atoms with Crippen molar-refractivity contribution in [1.29, 1.82) is 0 Å². The van der Waals surface area contributed by atoms with E-state index >= 15 is 0 Å². The van der Waals surface area contributed by atoms with E-state index in [1.54, 1.807) is 6.07 Å². The van der Waals surface area contributed by atoms with Gasteiger partial charge in [-0.15, -0.1) is 0 Å². The number of nitrogens with one attached hydrogen (secondary N) is 1. The van der Waals surface area contributed by atoms with Gasteiger partial charge in [0.2, 0.25) is 0 Å². The van der Waals surface area contributed by atoms with Crippen LogP contribution in [0.4, 0.5) is 0 Å². The maximum Gasteiger partial charge on any atom is 0.0453 e. The van der Waals surface area contributed by atoms with E-state index in [4.69, 9.17) is 29.0 Å². The van der Waals surface area contributed by atoms with E-state index in [0.29, 0.717) is 10.0 Å². The van der Waals surface area contributed by atoms with Crippen LogP contribution in [0.1, 0.15) is 5.56 Å². The molecule has 0 aliphatic carbocycles. The lowest BCUT2D eigenvalue weighted by Crippen LogP contribution is -2.43. The van der Waals surface area contributed by atoms with Gasteiger partial charge in [0.15, 0.2) is 0 Å². The Balaban J connectivity index is 2.70. The zero-order valence-electron chi connectivity index (χ0n) is 9.50. The number of nitrogens with two attached hydrogens (primary N) is 1. The third-order valence-corrected chi connectivity index (χ3v) is 2.89. The molecular formula is C11H17Cl2N3. The summed E-state index contributed by atoms with van der Waals surface area (Å²) in [5, 5.41) is 1.34. The van der Waals surface area contributed by atoms with Crippen LogP contribution in [0.5, 0.6) is 0 Å². The van der Waals surface area contributed by atoms with Gasteiger partial charge in [-0.2, -0.15) is 0 Å². The highest BCUT2D eigenvalue weighted by atomic mass is 35.5. The second kappa shape index (κ2) is 6.42. The van der Waals surface area contributed by atoms with Crippen LogP contribution in [0.15, 0.2) is 18.2 Å². The molecule has 1 unspecified atom stereocenters. The number of hydrogen-bond donors (Lipinski definition) is 2. The molecule has 1 aromatic rings. The molecule has 0 radical (unpaired) electrons. The molecule has 0 bridgehead atoms. The SMILES string of the molecule is CN(C)CC(Cc1ccc(Cl)cc1Cl)NN. The molecule has 90 valence electrons. The highest BCUT2D eigenvalue weighted by Gasteiger charge is 2.11. The molecule has 16 heavy (non-hydrogen) atoms. The Bertz CT molecular complexity index is 342. The first-order valence-electron chi connectivity index (χ1n) is 5.07. The van der Waals surface area contributed by atoms with Crippen LogP contribution in [0.3, 0.4) is 0 Å². The zero-order chi connectivity index (χ0) is 12.1. The lowest BCUT2D eigenvalue weighted by Gasteiger charge is -2.20. The third-order valence-electron chi connectivity index (χ3n) is 2.30. The lowest BCUT2D eigenvalue weighted by atomic mass is 10.1. The molecule has 5 heteroatoms. The first kappa shape index (κ1) is 13.7. The maximum absolute atomic E-state index is 6.10. The molecule has 0 heterocycles. The summed E-state index contributed by atoms with van der Waals surface area (Å²) in [6, 6.07) is 5.70. The summed E-state index contributed by atoms with van der Waals surface area (Å²) in [6.45, 7) is 0.857. The monoisotopic (exact) mass is 261 g/mol. The number of halogens is 2. The Morgan fingerprint density at radius 3 is 2.56 bits per heavy atom. The second-order valence-corrected chi connectivity index (χ2v) is 4.91. The summed E-state index contributed by atoms with van der Waals surface area (Å²) in [6.07, 6.45) is 0.782. The molecule has 0 aromatic heterocycles. The molecule has 3 nitrogen and oxygen atoms in total. The molecular weight excluding hydrogens is 245 g/mol. The Kier molecular flexibility index (Phi) is 5.52. The molecule has 1 atom stereocenters. The van der Waals surface area contributed by atoms with E-state index in [0.717, 1.165) is 18.5 Å². The highest BCUT2D eigenvalue weighted by molar-refractivity contribution is 6.35. The van der Waals surface area contributed by atoms with Crippen molar-refractivity contribution in [2.45, 2.75) is 12.5 Å². The van der Waals surface area contributed by atoms with Crippen molar-refractivity contribution in [2.75, 3.05) is 20.6 Å². The van der Waals surface area contributed by atoms with Crippen LogP contribution in [0, 0.1) is 0 Å². The second-order valence-electron chi connectivity index (χ2n) is 4.07. The van der Waals surface area contributed by atoms with Crippen LogP contribution < -0.4 is 11.3 Å². The molecule has 1 aromatic carbocycles. The van der Waals surface area contributed by atoms with Gasteiger partial charge in [-0.1, -0.05) is 29.3 Å². The number of hydrazine groups is 1. The molecule has 0 saturated heterocycles. The average Bonchev–Trinajstić information content (AvgIpc) is 2.20. The fourth-order valence-electron chi connectivity index (χ4n) is 1.57. The third kappa shape index (κ3) is 4.28. The van der Waals surface area contributed by atoms with E-state index in [1.165, 1.54) is 0 Å². The Hall–Kier alpha value is -0.320. The standard InChI is InChI=1S/C11H17Cl2N3/c1-16(2)7-10(15-14)5-8-3-4-9(12)6-11(8)13/h3-4,6,10,15H,5,7,14H2,1-2H3. The van der Waals surface area contributed by atoms with Gasteiger partial charge < -0.3 is 4.90 Å². The van der Waals surface area contributed by atoms with E-state index in [-0.39, 0.29) is 6.04 Å². The number of hydrogen-bond acceptors (Lipinski definition) is 3. The van der Waals surface area contributed by atoms with Gasteiger partial charge in [0.05, 0.1) is 0 Å². The molecule has 0 amide bonds. The van der Waals surface area contributed by atoms with Crippen LogP contribution in [0.2, 0.25) is 10.0 Å².